The molecule has 7 heteroatoms. The number of hydrogen-bond acceptors (Lipinski definition) is 5. The number of hydrogen-bond donors (Lipinski definition) is 0. The number of carbonyl (C=O) groups is 1. The average Bonchev–Trinajstić information content (AvgIpc) is 3.38. The first-order valence-electron chi connectivity index (χ1n) is 21.0. The van der Waals surface area contributed by atoms with E-state index in [9.17, 15) is 4.79 Å². The lowest BCUT2D eigenvalue weighted by Gasteiger charge is -2.53. The Hall–Kier alpha value is -1.26. The maximum Gasteiger partial charge on any atom is 0.332 e. The zero-order valence-electron chi connectivity index (χ0n) is 35.2. The van der Waals surface area contributed by atoms with E-state index in [1.807, 2.05) is 0 Å². The number of allylic oxidation sites excluding steroid dienone is 4. The van der Waals surface area contributed by atoms with E-state index in [2.05, 4.69) is 106 Å². The number of ether oxygens (including phenoxy) is 2. The fourth-order valence-electron chi connectivity index (χ4n) is 10.8. The molecule has 0 saturated heterocycles. The molecular formula is C45H74O5Si2. The fourth-order valence-corrected chi connectivity index (χ4v) is 13.5. The highest BCUT2D eigenvalue weighted by atomic mass is 28.4. The Balaban J connectivity index is 1.13. The molecule has 7 aliphatic rings. The molecular weight excluding hydrogens is 677 g/mol. The summed E-state index contributed by atoms with van der Waals surface area (Å²) in [5.41, 5.74) is 5.37. The van der Waals surface area contributed by atoms with E-state index in [4.69, 9.17) is 18.3 Å². The van der Waals surface area contributed by atoms with Gasteiger partial charge < -0.3 is 18.3 Å². The van der Waals surface area contributed by atoms with Gasteiger partial charge in [0.1, 0.15) is 12.7 Å². The van der Waals surface area contributed by atoms with Crippen LogP contribution < -0.4 is 0 Å². The molecule has 0 radical (unpaired) electrons. The predicted octanol–water partition coefficient (Wildman–Crippen LogP) is 11.9. The zero-order chi connectivity index (χ0) is 38.0. The van der Waals surface area contributed by atoms with Crippen LogP contribution in [0.3, 0.4) is 0 Å². The second-order valence-electron chi connectivity index (χ2n) is 21.3. The van der Waals surface area contributed by atoms with Crippen molar-refractivity contribution in [2.75, 3.05) is 6.61 Å². The molecule has 0 aliphatic heterocycles. The summed E-state index contributed by atoms with van der Waals surface area (Å²) in [4.78, 5) is 13.1. The summed E-state index contributed by atoms with van der Waals surface area (Å²) in [6, 6.07) is 0. The van der Waals surface area contributed by atoms with Crippen LogP contribution in [0.5, 0.6) is 0 Å². The van der Waals surface area contributed by atoms with Crippen molar-refractivity contribution in [1.82, 2.24) is 0 Å². The number of carbonyl (C=O) groups excluding carboxylic acids is 1. The van der Waals surface area contributed by atoms with E-state index in [0.717, 1.165) is 55.9 Å². The quantitative estimate of drug-likeness (QED) is 0.126. The highest BCUT2D eigenvalue weighted by Crippen LogP contribution is 2.57. The molecule has 6 saturated carbocycles. The summed E-state index contributed by atoms with van der Waals surface area (Å²) in [6.45, 7) is 32.7. The largest absolute Gasteiger partial charge is 0.460 e. The Labute approximate surface area is 320 Å². The van der Waals surface area contributed by atoms with Crippen LogP contribution in [0, 0.1) is 35.0 Å². The Morgan fingerprint density at radius 2 is 1.52 bits per heavy atom. The summed E-state index contributed by atoms with van der Waals surface area (Å²) in [5.74, 6) is 3.19. The Kier molecular flexibility index (Phi) is 11.4. The highest BCUT2D eigenvalue weighted by molar-refractivity contribution is 6.74. The van der Waals surface area contributed by atoms with Crippen molar-refractivity contribution in [3.63, 3.8) is 0 Å². The first-order valence-corrected chi connectivity index (χ1v) is 26.9. The van der Waals surface area contributed by atoms with Crippen molar-refractivity contribution in [3.05, 3.63) is 47.1 Å². The van der Waals surface area contributed by atoms with Crippen LogP contribution in [0.15, 0.2) is 47.1 Å². The molecule has 0 heterocycles. The minimum Gasteiger partial charge on any atom is -0.460 e. The average molecular weight is 751 g/mol. The van der Waals surface area contributed by atoms with Crippen LogP contribution in [0.1, 0.15) is 126 Å². The molecule has 292 valence electrons. The Bertz CT molecular complexity index is 1430. The fraction of sp³-hybridized carbons (Fsp3) is 0.800. The van der Waals surface area contributed by atoms with Crippen LogP contribution in [0.4, 0.5) is 0 Å². The van der Waals surface area contributed by atoms with E-state index in [0.29, 0.717) is 17.8 Å². The third-order valence-corrected chi connectivity index (χ3v) is 24.7. The molecule has 7 rings (SSSR count). The summed E-state index contributed by atoms with van der Waals surface area (Å²) in [6.07, 6.45) is 20.1. The van der Waals surface area contributed by atoms with Crippen LogP contribution in [0.25, 0.3) is 0 Å². The van der Waals surface area contributed by atoms with E-state index < -0.39 is 16.6 Å². The van der Waals surface area contributed by atoms with Crippen LogP contribution in [0.2, 0.25) is 36.3 Å². The molecule has 0 spiro atoms. The monoisotopic (exact) mass is 751 g/mol. The zero-order valence-corrected chi connectivity index (χ0v) is 37.2. The lowest BCUT2D eigenvalue weighted by atomic mass is 9.55. The van der Waals surface area contributed by atoms with Crippen LogP contribution >= 0.6 is 0 Å². The van der Waals surface area contributed by atoms with Crippen molar-refractivity contribution >= 4 is 22.6 Å². The van der Waals surface area contributed by atoms with Gasteiger partial charge in [-0.15, -0.1) is 0 Å². The van der Waals surface area contributed by atoms with Crippen molar-refractivity contribution in [3.8, 4) is 0 Å². The molecule has 0 aromatic rings. The molecule has 5 atom stereocenters. The minimum atomic E-state index is -2.02. The summed E-state index contributed by atoms with van der Waals surface area (Å²) >= 11 is 0. The van der Waals surface area contributed by atoms with Gasteiger partial charge >= 0.3 is 5.97 Å². The molecule has 0 aromatic carbocycles. The van der Waals surface area contributed by atoms with Crippen molar-refractivity contribution in [1.29, 1.82) is 0 Å². The number of rotatable bonds is 10. The predicted molar refractivity (Wildman–Crippen MR) is 219 cm³/mol. The molecule has 6 fully saturated rings. The van der Waals surface area contributed by atoms with E-state index in [1.54, 1.807) is 0 Å². The summed E-state index contributed by atoms with van der Waals surface area (Å²) in [7, 11) is -3.98. The van der Waals surface area contributed by atoms with Crippen molar-refractivity contribution in [2.24, 2.45) is 35.0 Å². The molecule has 5 nitrogen and oxygen atoms in total. The lowest BCUT2D eigenvalue weighted by Crippen LogP contribution is -2.50. The lowest BCUT2D eigenvalue weighted by molar-refractivity contribution is -0.176. The van der Waals surface area contributed by atoms with Gasteiger partial charge in [-0.05, 0) is 159 Å². The first-order chi connectivity index (χ1) is 24.1. The molecule has 0 N–H and O–H groups in total. The molecule has 0 aromatic heterocycles. The summed E-state index contributed by atoms with van der Waals surface area (Å²) in [5, 5.41) is 0.278. The number of fused-ring (bicyclic) bond motifs is 1. The van der Waals surface area contributed by atoms with Gasteiger partial charge in [-0.2, -0.15) is 0 Å². The maximum absolute atomic E-state index is 13.1. The van der Waals surface area contributed by atoms with Gasteiger partial charge in [0, 0.05) is 6.42 Å². The third kappa shape index (κ3) is 8.15. The highest BCUT2D eigenvalue weighted by Gasteiger charge is 2.51. The van der Waals surface area contributed by atoms with Gasteiger partial charge in [0.05, 0.1) is 18.3 Å². The normalized spacial score (nSPS) is 37.4. The number of esters is 1. The maximum atomic E-state index is 13.1. The smallest absolute Gasteiger partial charge is 0.332 e. The second kappa shape index (κ2) is 14.7. The molecule has 0 unspecified atom stereocenters. The van der Waals surface area contributed by atoms with Crippen molar-refractivity contribution < 1.29 is 23.1 Å². The van der Waals surface area contributed by atoms with Crippen LogP contribution in [-0.4, -0.2) is 53.6 Å². The topological polar surface area (TPSA) is 54.0 Å². The Morgan fingerprint density at radius 1 is 0.923 bits per heavy atom. The minimum absolute atomic E-state index is 0.0153. The first kappa shape index (κ1) is 40.4. The van der Waals surface area contributed by atoms with Gasteiger partial charge in [-0.3, -0.25) is 0 Å². The van der Waals surface area contributed by atoms with Gasteiger partial charge in [-0.25, -0.2) is 4.79 Å². The Morgan fingerprint density at radius 3 is 2.12 bits per heavy atom. The summed E-state index contributed by atoms with van der Waals surface area (Å²) < 4.78 is 26.7. The third-order valence-electron chi connectivity index (χ3n) is 15.6. The van der Waals surface area contributed by atoms with Gasteiger partial charge in [0.25, 0.3) is 0 Å². The molecule has 4 bridgehead atoms. The van der Waals surface area contributed by atoms with Gasteiger partial charge in [-0.1, -0.05) is 78.8 Å². The second-order valence-corrected chi connectivity index (χ2v) is 30.8. The van der Waals surface area contributed by atoms with Crippen LogP contribution in [-0.2, 0) is 23.1 Å². The van der Waals surface area contributed by atoms with E-state index in [-0.39, 0.29) is 52.5 Å². The van der Waals surface area contributed by atoms with Crippen molar-refractivity contribution in [2.45, 2.75) is 187 Å². The van der Waals surface area contributed by atoms with Gasteiger partial charge in [0.2, 0.25) is 0 Å². The van der Waals surface area contributed by atoms with E-state index in [1.165, 1.54) is 48.8 Å². The SMILES string of the molecule is C=C1C(=CC=C2CCC[C@]3(C)C([C@H](C)OCC(=O)OC4C5CC6CC(C5)CC4C6)=CC[C@@H]23)C[C@@H](O[Si](C)(C)C(C)(C)C)C[C@@H]1O[Si](C)(C)C(C)(C)C. The standard InChI is InChI=1S/C45H74O5Si2/c1-29-34(26-37(49-51(10,11)43(3,4)5)27-40(29)50-52(12,13)44(6,7)8)17-16-33-15-14-20-45(9)38(18-19-39(33)45)30(2)47-28-41(46)48-42-35-22-31-21-32(24-35)25-36(42)23-31/h16-18,30-32,35-37,39-40,42H,1,14-15,19-28H2,2-13H3/t30-,31?,32?,35?,36?,37+,39-,40-,42?,45+/m0/s1. The molecule has 0 amide bonds. The van der Waals surface area contributed by atoms with Gasteiger partial charge in [0.15, 0.2) is 16.6 Å². The molecule has 52 heavy (non-hydrogen) atoms. The molecule has 7 aliphatic carbocycles. The van der Waals surface area contributed by atoms with E-state index >= 15 is 0 Å².